The van der Waals surface area contributed by atoms with E-state index in [2.05, 4.69) is 73.0 Å². The van der Waals surface area contributed by atoms with Crippen LogP contribution in [0.1, 0.15) is 24.2 Å². The first-order valence-electron chi connectivity index (χ1n) is 10.6. The molecule has 1 aliphatic heterocycles. The van der Waals surface area contributed by atoms with Gasteiger partial charge in [0.05, 0.1) is 18.4 Å². The van der Waals surface area contributed by atoms with Gasteiger partial charge in [-0.1, -0.05) is 60.7 Å². The average molecular weight is 530 g/mol. The summed E-state index contributed by atoms with van der Waals surface area (Å²) in [6.45, 7) is 3.65. The smallest absolute Gasteiger partial charge is 0.191 e. The molecule has 1 atom stereocenters. The van der Waals surface area contributed by atoms with Crippen LogP contribution < -0.4 is 10.6 Å². The number of nitrogens with one attached hydrogen (secondary N) is 3. The van der Waals surface area contributed by atoms with Crippen molar-refractivity contribution in [2.45, 2.75) is 32.0 Å². The lowest BCUT2D eigenvalue weighted by atomic mass is 10.2. The summed E-state index contributed by atoms with van der Waals surface area (Å²) < 4.78 is 0. The van der Waals surface area contributed by atoms with Gasteiger partial charge in [-0.3, -0.25) is 9.89 Å². The molecule has 1 fully saturated rings. The molecule has 2 aromatic carbocycles. The number of imidazole rings is 1. The van der Waals surface area contributed by atoms with Gasteiger partial charge in [0, 0.05) is 26.2 Å². The predicted molar refractivity (Wildman–Crippen MR) is 138 cm³/mol. The number of aliphatic imine (C=N–C) groups is 1. The van der Waals surface area contributed by atoms with Crippen LogP contribution in [0.3, 0.4) is 0 Å². The maximum atomic E-state index is 4.49. The van der Waals surface area contributed by atoms with Crippen LogP contribution in [0.15, 0.2) is 71.9 Å². The highest BCUT2D eigenvalue weighted by Crippen LogP contribution is 2.19. The predicted octanol–water partition coefficient (Wildman–Crippen LogP) is 4.02. The fourth-order valence-electron chi connectivity index (χ4n) is 3.97. The minimum atomic E-state index is 0. The van der Waals surface area contributed by atoms with Crippen LogP contribution in [0, 0.1) is 0 Å². The molecule has 2 heterocycles. The second-order valence-electron chi connectivity index (χ2n) is 7.67. The second kappa shape index (κ2) is 11.9. The number of aromatic nitrogens is 2. The van der Waals surface area contributed by atoms with E-state index in [1.54, 1.807) is 0 Å². The Labute approximate surface area is 201 Å². The molecule has 6 nitrogen and oxygen atoms in total. The highest BCUT2D eigenvalue weighted by Gasteiger charge is 2.24. The number of hydrogen-bond donors (Lipinski definition) is 3. The van der Waals surface area contributed by atoms with E-state index >= 15 is 0 Å². The number of hydrogen-bond acceptors (Lipinski definition) is 3. The summed E-state index contributed by atoms with van der Waals surface area (Å²) in [5.74, 6) is 1.70. The minimum absolute atomic E-state index is 0. The summed E-state index contributed by atoms with van der Waals surface area (Å²) >= 11 is 0. The molecule has 3 N–H and O–H groups in total. The van der Waals surface area contributed by atoms with Gasteiger partial charge in [0.25, 0.3) is 0 Å². The van der Waals surface area contributed by atoms with Crippen molar-refractivity contribution >= 4 is 29.9 Å². The number of guanidine groups is 1. The third kappa shape index (κ3) is 6.54. The first kappa shape index (κ1) is 23.3. The molecule has 164 valence electrons. The Balaban J connectivity index is 0.00000272. The molecule has 4 rings (SSSR count). The normalized spacial score (nSPS) is 16.7. The Morgan fingerprint density at radius 1 is 1.10 bits per heavy atom. The van der Waals surface area contributed by atoms with Crippen LogP contribution in [0.25, 0.3) is 11.3 Å². The lowest BCUT2D eigenvalue weighted by Crippen LogP contribution is -2.44. The molecule has 1 aliphatic rings. The van der Waals surface area contributed by atoms with Gasteiger partial charge in [-0.05, 0) is 30.5 Å². The maximum Gasteiger partial charge on any atom is 0.191 e. The first-order valence-corrected chi connectivity index (χ1v) is 10.6. The molecule has 0 spiro atoms. The molecule has 7 heteroatoms. The molecule has 1 saturated heterocycles. The molecule has 0 bridgehead atoms. The van der Waals surface area contributed by atoms with Gasteiger partial charge in [0.15, 0.2) is 5.96 Å². The standard InChI is InChI=1S/C24H30N6.HI/c1-25-24(28-17-23-26-16-22(29-23)20-11-6-3-7-12-20)27-15-21-13-8-14-30(21)18-19-9-4-2-5-10-19;/h2-7,9-12,16,21H,8,13-15,17-18H2,1H3,(H,26,29)(H2,25,27,28);1H. The van der Waals surface area contributed by atoms with Gasteiger partial charge in [-0.25, -0.2) is 4.98 Å². The van der Waals surface area contributed by atoms with Crippen molar-refractivity contribution in [3.05, 3.63) is 78.2 Å². The third-order valence-corrected chi connectivity index (χ3v) is 5.59. The fourth-order valence-corrected chi connectivity index (χ4v) is 3.97. The van der Waals surface area contributed by atoms with Crippen molar-refractivity contribution in [2.75, 3.05) is 20.1 Å². The van der Waals surface area contributed by atoms with Crippen molar-refractivity contribution in [2.24, 2.45) is 4.99 Å². The summed E-state index contributed by atoms with van der Waals surface area (Å²) in [4.78, 5) is 14.8. The molecule has 1 aromatic heterocycles. The Morgan fingerprint density at radius 3 is 2.58 bits per heavy atom. The highest BCUT2D eigenvalue weighted by atomic mass is 127. The van der Waals surface area contributed by atoms with Crippen molar-refractivity contribution in [1.82, 2.24) is 25.5 Å². The van der Waals surface area contributed by atoms with Crippen LogP contribution >= 0.6 is 24.0 Å². The van der Waals surface area contributed by atoms with Crippen molar-refractivity contribution < 1.29 is 0 Å². The van der Waals surface area contributed by atoms with Crippen LogP contribution in [0.5, 0.6) is 0 Å². The second-order valence-corrected chi connectivity index (χ2v) is 7.67. The average Bonchev–Trinajstić information content (AvgIpc) is 3.45. The van der Waals surface area contributed by atoms with Gasteiger partial charge in [0.1, 0.15) is 5.82 Å². The Morgan fingerprint density at radius 2 is 1.84 bits per heavy atom. The summed E-state index contributed by atoms with van der Waals surface area (Å²) in [6, 6.07) is 21.5. The third-order valence-electron chi connectivity index (χ3n) is 5.59. The van der Waals surface area contributed by atoms with E-state index in [0.29, 0.717) is 12.6 Å². The number of nitrogens with zero attached hydrogens (tertiary/aromatic N) is 3. The van der Waals surface area contributed by atoms with Crippen LogP contribution in [0.2, 0.25) is 0 Å². The largest absolute Gasteiger partial charge is 0.355 e. The monoisotopic (exact) mass is 530 g/mol. The molecular weight excluding hydrogens is 499 g/mol. The Hall–Kier alpha value is -2.39. The molecule has 0 amide bonds. The van der Waals surface area contributed by atoms with E-state index in [9.17, 15) is 0 Å². The van der Waals surface area contributed by atoms with E-state index in [0.717, 1.165) is 42.7 Å². The van der Waals surface area contributed by atoms with Crippen LogP contribution in [-0.2, 0) is 13.1 Å². The van der Waals surface area contributed by atoms with Gasteiger partial charge in [0.2, 0.25) is 0 Å². The lowest BCUT2D eigenvalue weighted by Gasteiger charge is -2.25. The zero-order valence-corrected chi connectivity index (χ0v) is 20.3. The highest BCUT2D eigenvalue weighted by molar-refractivity contribution is 14.0. The van der Waals surface area contributed by atoms with Gasteiger partial charge in [-0.15, -0.1) is 24.0 Å². The van der Waals surface area contributed by atoms with E-state index < -0.39 is 0 Å². The first-order chi connectivity index (χ1) is 14.8. The van der Waals surface area contributed by atoms with E-state index in [-0.39, 0.29) is 24.0 Å². The summed E-state index contributed by atoms with van der Waals surface area (Å²) in [7, 11) is 1.81. The van der Waals surface area contributed by atoms with Gasteiger partial charge in [-0.2, -0.15) is 0 Å². The van der Waals surface area contributed by atoms with Crippen LogP contribution in [0.4, 0.5) is 0 Å². The molecule has 0 aliphatic carbocycles. The Kier molecular flexibility index (Phi) is 8.90. The zero-order chi connectivity index (χ0) is 20.6. The molecule has 0 radical (unpaired) electrons. The topological polar surface area (TPSA) is 68.3 Å². The van der Waals surface area contributed by atoms with Gasteiger partial charge >= 0.3 is 0 Å². The van der Waals surface area contributed by atoms with Crippen molar-refractivity contribution in [3.63, 3.8) is 0 Å². The lowest BCUT2D eigenvalue weighted by molar-refractivity contribution is 0.245. The van der Waals surface area contributed by atoms with E-state index in [1.807, 2.05) is 31.4 Å². The summed E-state index contributed by atoms with van der Waals surface area (Å²) in [5, 5.41) is 6.86. The number of likely N-dealkylation sites (tertiary alicyclic amines) is 1. The quantitative estimate of drug-likeness (QED) is 0.245. The molecule has 1 unspecified atom stereocenters. The molecule has 0 saturated carbocycles. The maximum absolute atomic E-state index is 4.49. The fraction of sp³-hybridized carbons (Fsp3) is 0.333. The van der Waals surface area contributed by atoms with Crippen molar-refractivity contribution in [3.8, 4) is 11.3 Å². The van der Waals surface area contributed by atoms with E-state index in [4.69, 9.17) is 0 Å². The summed E-state index contributed by atoms with van der Waals surface area (Å²) in [5.41, 5.74) is 3.54. The minimum Gasteiger partial charge on any atom is -0.355 e. The van der Waals surface area contributed by atoms with E-state index in [1.165, 1.54) is 18.4 Å². The number of aromatic amines is 1. The SMILES string of the molecule is CN=C(NCc1ncc(-c2ccccc2)[nH]1)NCC1CCCN1Cc1ccccc1.I. The summed E-state index contributed by atoms with van der Waals surface area (Å²) in [6.07, 6.45) is 4.35. The van der Waals surface area contributed by atoms with Crippen molar-refractivity contribution in [1.29, 1.82) is 0 Å². The van der Waals surface area contributed by atoms with Crippen LogP contribution in [-0.4, -0.2) is 47.0 Å². The number of rotatable bonds is 7. The number of halogens is 1. The molecular formula is C24H31IN6. The molecule has 31 heavy (non-hydrogen) atoms. The van der Waals surface area contributed by atoms with Gasteiger partial charge < -0.3 is 15.6 Å². The number of benzene rings is 2. The molecule has 3 aromatic rings. The Bertz CT molecular complexity index is 941. The number of H-pyrrole nitrogens is 1. The zero-order valence-electron chi connectivity index (χ0n) is 17.9.